The Morgan fingerprint density at radius 2 is 2.14 bits per heavy atom. The Labute approximate surface area is 134 Å². The first-order valence-electron chi connectivity index (χ1n) is 7.13. The molecule has 0 aliphatic carbocycles. The van der Waals surface area contributed by atoms with Crippen LogP contribution in [-0.2, 0) is 12.2 Å². The molecule has 118 valence electrons. The molecular formula is C16H20N2O3S. The van der Waals surface area contributed by atoms with E-state index < -0.39 is 0 Å². The third-order valence-corrected chi connectivity index (χ3v) is 4.33. The van der Waals surface area contributed by atoms with Crippen molar-refractivity contribution >= 4 is 17.4 Å². The molecule has 0 bridgehead atoms. The normalized spacial score (nSPS) is 11.0. The maximum Gasteiger partial charge on any atom is 0.283 e. The third kappa shape index (κ3) is 4.89. The van der Waals surface area contributed by atoms with Gasteiger partial charge in [0, 0.05) is 6.07 Å². The summed E-state index contributed by atoms with van der Waals surface area (Å²) in [6.07, 6.45) is 3.45. The van der Waals surface area contributed by atoms with Gasteiger partial charge in [-0.2, -0.15) is 0 Å². The van der Waals surface area contributed by atoms with Crippen LogP contribution in [0.2, 0.25) is 0 Å². The summed E-state index contributed by atoms with van der Waals surface area (Å²) in [5.74, 6) is 1.41. The van der Waals surface area contributed by atoms with E-state index in [-0.39, 0.29) is 10.6 Å². The van der Waals surface area contributed by atoms with Gasteiger partial charge in [-0.25, -0.2) is 0 Å². The van der Waals surface area contributed by atoms with Crippen LogP contribution in [-0.4, -0.2) is 30.5 Å². The van der Waals surface area contributed by atoms with Crippen molar-refractivity contribution in [1.82, 2.24) is 4.90 Å². The highest BCUT2D eigenvalue weighted by Crippen LogP contribution is 2.32. The van der Waals surface area contributed by atoms with Gasteiger partial charge in [-0.05, 0) is 57.2 Å². The SMILES string of the molecule is CN(C)CCCc1ccc(SCc2ccco2)c([N+](=O)[O-])c1. The molecule has 0 aliphatic heterocycles. The van der Waals surface area contributed by atoms with Crippen molar-refractivity contribution in [3.8, 4) is 0 Å². The Hall–Kier alpha value is -1.79. The van der Waals surface area contributed by atoms with Crippen LogP contribution in [0.5, 0.6) is 0 Å². The molecule has 0 spiro atoms. The van der Waals surface area contributed by atoms with Crippen LogP contribution in [0.1, 0.15) is 17.7 Å². The van der Waals surface area contributed by atoms with E-state index >= 15 is 0 Å². The summed E-state index contributed by atoms with van der Waals surface area (Å²) in [7, 11) is 4.05. The topological polar surface area (TPSA) is 59.5 Å². The van der Waals surface area contributed by atoms with Gasteiger partial charge in [-0.1, -0.05) is 6.07 Å². The maximum atomic E-state index is 11.3. The molecular weight excluding hydrogens is 300 g/mol. The number of furan rings is 1. The summed E-state index contributed by atoms with van der Waals surface area (Å²) in [5, 5.41) is 11.3. The highest BCUT2D eigenvalue weighted by Gasteiger charge is 2.15. The molecule has 0 atom stereocenters. The van der Waals surface area contributed by atoms with Crippen LogP contribution in [0.25, 0.3) is 0 Å². The Bertz CT molecular complexity index is 612. The monoisotopic (exact) mass is 320 g/mol. The van der Waals surface area contributed by atoms with Crippen molar-refractivity contribution in [2.24, 2.45) is 0 Å². The molecule has 0 aliphatic rings. The lowest BCUT2D eigenvalue weighted by atomic mass is 10.1. The van der Waals surface area contributed by atoms with E-state index in [0.29, 0.717) is 10.6 Å². The van der Waals surface area contributed by atoms with Crippen LogP contribution < -0.4 is 0 Å². The Kier molecular flexibility index (Phi) is 6.03. The van der Waals surface area contributed by atoms with Crippen LogP contribution >= 0.6 is 11.8 Å². The molecule has 2 rings (SSSR count). The smallest absolute Gasteiger partial charge is 0.283 e. The van der Waals surface area contributed by atoms with Gasteiger partial charge in [0.2, 0.25) is 0 Å². The van der Waals surface area contributed by atoms with Gasteiger partial charge in [0.15, 0.2) is 0 Å². The predicted octanol–water partition coefficient (Wildman–Crippen LogP) is 3.97. The minimum Gasteiger partial charge on any atom is -0.468 e. The second kappa shape index (κ2) is 8.00. The van der Waals surface area contributed by atoms with Crippen molar-refractivity contribution in [2.45, 2.75) is 23.5 Å². The fourth-order valence-electron chi connectivity index (χ4n) is 2.13. The van der Waals surface area contributed by atoms with E-state index in [1.807, 2.05) is 38.4 Å². The highest BCUT2D eigenvalue weighted by atomic mass is 32.2. The van der Waals surface area contributed by atoms with Gasteiger partial charge in [0.1, 0.15) is 5.76 Å². The summed E-state index contributed by atoms with van der Waals surface area (Å²) >= 11 is 1.43. The number of nitrogens with zero attached hydrogens (tertiary/aromatic N) is 2. The molecule has 2 aromatic rings. The van der Waals surface area contributed by atoms with Gasteiger partial charge < -0.3 is 9.32 Å². The van der Waals surface area contributed by atoms with Crippen LogP contribution in [0.15, 0.2) is 45.9 Å². The van der Waals surface area contributed by atoms with Crippen LogP contribution in [0, 0.1) is 10.1 Å². The molecule has 1 aromatic heterocycles. The zero-order chi connectivity index (χ0) is 15.9. The lowest BCUT2D eigenvalue weighted by molar-refractivity contribution is -0.387. The second-order valence-corrected chi connectivity index (χ2v) is 6.35. The van der Waals surface area contributed by atoms with Crippen molar-refractivity contribution in [2.75, 3.05) is 20.6 Å². The standard InChI is InChI=1S/C16H20N2O3S/c1-17(2)9-3-5-13-7-8-16(15(11-13)18(19)20)22-12-14-6-4-10-21-14/h4,6-8,10-11H,3,5,9,12H2,1-2H3. The van der Waals surface area contributed by atoms with Crippen LogP contribution in [0.3, 0.4) is 0 Å². The maximum absolute atomic E-state index is 11.3. The van der Waals surface area contributed by atoms with Gasteiger partial charge in [-0.15, -0.1) is 11.8 Å². The van der Waals surface area contributed by atoms with Crippen molar-refractivity contribution < 1.29 is 9.34 Å². The van der Waals surface area contributed by atoms with E-state index in [2.05, 4.69) is 4.90 Å². The second-order valence-electron chi connectivity index (χ2n) is 5.33. The first-order valence-corrected chi connectivity index (χ1v) is 8.12. The fraction of sp³-hybridized carbons (Fsp3) is 0.375. The Morgan fingerprint density at radius 1 is 1.32 bits per heavy atom. The summed E-state index contributed by atoms with van der Waals surface area (Å²) in [6.45, 7) is 0.975. The van der Waals surface area contributed by atoms with Crippen LogP contribution in [0.4, 0.5) is 5.69 Å². The summed E-state index contributed by atoms with van der Waals surface area (Å²) in [4.78, 5) is 13.8. The molecule has 1 heterocycles. The molecule has 5 nitrogen and oxygen atoms in total. The van der Waals surface area contributed by atoms with Crippen molar-refractivity contribution in [3.05, 3.63) is 58.0 Å². The van der Waals surface area contributed by atoms with Crippen molar-refractivity contribution in [1.29, 1.82) is 0 Å². The number of hydrogen-bond donors (Lipinski definition) is 0. The summed E-state index contributed by atoms with van der Waals surface area (Å²) in [6, 6.07) is 9.20. The van der Waals surface area contributed by atoms with Gasteiger partial charge in [0.05, 0.1) is 21.8 Å². The van der Waals surface area contributed by atoms with E-state index in [0.717, 1.165) is 30.7 Å². The van der Waals surface area contributed by atoms with Gasteiger partial charge in [0.25, 0.3) is 5.69 Å². The fourth-order valence-corrected chi connectivity index (χ4v) is 3.03. The molecule has 0 amide bonds. The average Bonchev–Trinajstić information content (AvgIpc) is 2.98. The molecule has 0 saturated carbocycles. The molecule has 0 radical (unpaired) electrons. The quantitative estimate of drug-likeness (QED) is 0.418. The van der Waals surface area contributed by atoms with Gasteiger partial charge >= 0.3 is 0 Å². The molecule has 6 heteroatoms. The number of nitro benzene ring substituents is 1. The molecule has 0 fully saturated rings. The van der Waals surface area contributed by atoms with E-state index in [1.165, 1.54) is 11.8 Å². The number of rotatable bonds is 8. The Balaban J connectivity index is 2.04. The number of nitro groups is 1. The first-order chi connectivity index (χ1) is 10.6. The molecule has 0 N–H and O–H groups in total. The molecule has 0 unspecified atom stereocenters. The highest BCUT2D eigenvalue weighted by molar-refractivity contribution is 7.98. The average molecular weight is 320 g/mol. The lowest BCUT2D eigenvalue weighted by Gasteiger charge is -2.09. The molecule has 1 aromatic carbocycles. The lowest BCUT2D eigenvalue weighted by Crippen LogP contribution is -2.13. The molecule has 0 saturated heterocycles. The first kappa shape index (κ1) is 16.6. The predicted molar refractivity (Wildman–Crippen MR) is 88.2 cm³/mol. The summed E-state index contributed by atoms with van der Waals surface area (Å²) in [5.41, 5.74) is 1.19. The summed E-state index contributed by atoms with van der Waals surface area (Å²) < 4.78 is 5.26. The number of thioether (sulfide) groups is 1. The minimum absolute atomic E-state index is 0.180. The van der Waals surface area contributed by atoms with Crippen molar-refractivity contribution in [3.63, 3.8) is 0 Å². The van der Waals surface area contributed by atoms with E-state index in [4.69, 9.17) is 4.42 Å². The third-order valence-electron chi connectivity index (χ3n) is 3.24. The van der Waals surface area contributed by atoms with E-state index in [1.54, 1.807) is 12.3 Å². The largest absolute Gasteiger partial charge is 0.468 e. The zero-order valence-electron chi connectivity index (χ0n) is 12.8. The number of hydrogen-bond acceptors (Lipinski definition) is 5. The minimum atomic E-state index is -0.306. The zero-order valence-corrected chi connectivity index (χ0v) is 13.6. The number of aryl methyl sites for hydroxylation is 1. The Morgan fingerprint density at radius 3 is 2.77 bits per heavy atom. The number of benzene rings is 1. The molecule has 22 heavy (non-hydrogen) atoms. The van der Waals surface area contributed by atoms with E-state index in [9.17, 15) is 10.1 Å². The van der Waals surface area contributed by atoms with Gasteiger partial charge in [-0.3, -0.25) is 10.1 Å².